The molecule has 0 aliphatic heterocycles. The minimum atomic E-state index is -0.115. The lowest BCUT2D eigenvalue weighted by molar-refractivity contribution is 0.0931. The van der Waals surface area contributed by atoms with E-state index in [0.717, 1.165) is 16.2 Å². The van der Waals surface area contributed by atoms with E-state index in [1.807, 2.05) is 28.1 Å². The van der Waals surface area contributed by atoms with Crippen LogP contribution in [0, 0.1) is 6.92 Å². The van der Waals surface area contributed by atoms with Crippen LogP contribution in [0.25, 0.3) is 16.2 Å². The number of nitrogens with one attached hydrogen (secondary N) is 1. The molecule has 0 aliphatic carbocycles. The summed E-state index contributed by atoms with van der Waals surface area (Å²) in [6.07, 6.45) is 1.90. The second kappa shape index (κ2) is 6.29. The molecule has 1 aromatic carbocycles. The number of ether oxygens (including phenoxy) is 1. The largest absolute Gasteiger partial charge is 0.383 e. The number of carbonyl (C=O) groups excluding carboxylic acids is 1. The number of methoxy groups -OCH3 is 1. The summed E-state index contributed by atoms with van der Waals surface area (Å²) in [4.78, 5) is 17.6. The van der Waals surface area contributed by atoms with Crippen LogP contribution in [0.3, 0.4) is 0 Å². The summed E-state index contributed by atoms with van der Waals surface area (Å²) in [7, 11) is 1.61. The van der Waals surface area contributed by atoms with Gasteiger partial charge in [-0.05, 0) is 6.92 Å². The molecule has 1 amide bonds. The van der Waals surface area contributed by atoms with E-state index < -0.39 is 0 Å². The van der Waals surface area contributed by atoms with Crippen LogP contribution in [0.1, 0.15) is 16.1 Å². The molecular formula is C16H17N3O2S. The van der Waals surface area contributed by atoms with Crippen LogP contribution in [0.15, 0.2) is 35.8 Å². The third kappa shape index (κ3) is 2.88. The van der Waals surface area contributed by atoms with Crippen LogP contribution in [0.5, 0.6) is 0 Å². The van der Waals surface area contributed by atoms with Crippen molar-refractivity contribution in [3.63, 3.8) is 0 Å². The Kier molecular flexibility index (Phi) is 4.22. The lowest BCUT2D eigenvalue weighted by atomic mass is 10.1. The van der Waals surface area contributed by atoms with E-state index in [9.17, 15) is 4.79 Å². The molecule has 0 saturated carbocycles. The minimum absolute atomic E-state index is 0.115. The topological polar surface area (TPSA) is 55.6 Å². The number of amides is 1. The van der Waals surface area contributed by atoms with Gasteiger partial charge in [0.15, 0.2) is 4.96 Å². The van der Waals surface area contributed by atoms with E-state index >= 15 is 0 Å². The summed E-state index contributed by atoms with van der Waals surface area (Å²) >= 11 is 1.46. The number of hydrogen-bond acceptors (Lipinski definition) is 4. The fourth-order valence-corrected chi connectivity index (χ4v) is 3.02. The first kappa shape index (κ1) is 14.7. The van der Waals surface area contributed by atoms with E-state index in [4.69, 9.17) is 4.74 Å². The Labute approximate surface area is 132 Å². The monoisotopic (exact) mass is 315 g/mol. The highest BCUT2D eigenvalue weighted by molar-refractivity contribution is 7.15. The van der Waals surface area contributed by atoms with Gasteiger partial charge < -0.3 is 10.1 Å². The van der Waals surface area contributed by atoms with E-state index in [-0.39, 0.29) is 5.91 Å². The van der Waals surface area contributed by atoms with Crippen molar-refractivity contribution in [2.75, 3.05) is 20.3 Å². The smallest absolute Gasteiger partial charge is 0.269 e. The maximum Gasteiger partial charge on any atom is 0.269 e. The lowest BCUT2D eigenvalue weighted by Gasteiger charge is -2.03. The normalized spacial score (nSPS) is 11.0. The average Bonchev–Trinajstić information content (AvgIpc) is 3.08. The summed E-state index contributed by atoms with van der Waals surface area (Å²) in [5.41, 5.74) is 3.73. The van der Waals surface area contributed by atoms with Gasteiger partial charge in [-0.3, -0.25) is 9.20 Å². The number of imidazole rings is 1. The van der Waals surface area contributed by atoms with Crippen LogP contribution in [0.2, 0.25) is 0 Å². The van der Waals surface area contributed by atoms with Crippen LogP contribution < -0.4 is 5.32 Å². The molecule has 0 atom stereocenters. The van der Waals surface area contributed by atoms with Crippen molar-refractivity contribution in [1.82, 2.24) is 14.7 Å². The molecule has 2 aromatic heterocycles. The Morgan fingerprint density at radius 2 is 2.14 bits per heavy atom. The highest BCUT2D eigenvalue weighted by Crippen LogP contribution is 2.23. The predicted molar refractivity (Wildman–Crippen MR) is 87.5 cm³/mol. The first-order valence-corrected chi connectivity index (χ1v) is 7.88. The van der Waals surface area contributed by atoms with E-state index in [0.29, 0.717) is 18.8 Å². The first-order chi connectivity index (χ1) is 10.7. The molecular weight excluding hydrogens is 298 g/mol. The minimum Gasteiger partial charge on any atom is -0.383 e. The first-order valence-electron chi connectivity index (χ1n) is 7.00. The van der Waals surface area contributed by atoms with Crippen LogP contribution in [-0.2, 0) is 4.74 Å². The molecule has 3 rings (SSSR count). The summed E-state index contributed by atoms with van der Waals surface area (Å²) in [6, 6.07) is 8.20. The Morgan fingerprint density at radius 1 is 1.36 bits per heavy atom. The van der Waals surface area contributed by atoms with Gasteiger partial charge in [0.25, 0.3) is 5.91 Å². The fourth-order valence-electron chi connectivity index (χ4n) is 2.17. The second-order valence-electron chi connectivity index (χ2n) is 5.01. The number of rotatable bonds is 5. The van der Waals surface area contributed by atoms with Gasteiger partial charge in [0.2, 0.25) is 0 Å². The molecule has 1 N–H and O–H groups in total. The average molecular weight is 315 g/mol. The van der Waals surface area contributed by atoms with Crippen molar-refractivity contribution in [3.05, 3.63) is 47.1 Å². The number of aryl methyl sites for hydroxylation is 1. The molecule has 2 heterocycles. The molecule has 0 aliphatic rings. The van der Waals surface area contributed by atoms with Crippen molar-refractivity contribution in [3.8, 4) is 11.3 Å². The van der Waals surface area contributed by atoms with Gasteiger partial charge >= 0.3 is 0 Å². The van der Waals surface area contributed by atoms with Gasteiger partial charge in [0.05, 0.1) is 12.3 Å². The Bertz CT molecular complexity index is 789. The lowest BCUT2D eigenvalue weighted by Crippen LogP contribution is -2.27. The Balaban J connectivity index is 1.88. The molecule has 0 spiro atoms. The summed E-state index contributed by atoms with van der Waals surface area (Å²) in [5, 5.41) is 4.65. The van der Waals surface area contributed by atoms with Crippen molar-refractivity contribution >= 4 is 22.2 Å². The summed E-state index contributed by atoms with van der Waals surface area (Å²) in [5.74, 6) is -0.115. The quantitative estimate of drug-likeness (QED) is 0.737. The van der Waals surface area contributed by atoms with E-state index in [1.54, 1.807) is 7.11 Å². The van der Waals surface area contributed by atoms with Crippen LogP contribution in [0.4, 0.5) is 0 Å². The number of hydrogen-bond donors (Lipinski definition) is 1. The summed E-state index contributed by atoms with van der Waals surface area (Å²) in [6.45, 7) is 3.04. The zero-order chi connectivity index (χ0) is 15.5. The van der Waals surface area contributed by atoms with E-state index in [2.05, 4.69) is 29.4 Å². The highest BCUT2D eigenvalue weighted by Gasteiger charge is 2.14. The molecule has 0 unspecified atom stereocenters. The van der Waals surface area contributed by atoms with Crippen LogP contribution >= 0.6 is 11.3 Å². The molecule has 0 bridgehead atoms. The van der Waals surface area contributed by atoms with E-state index in [1.165, 1.54) is 16.9 Å². The van der Waals surface area contributed by atoms with Gasteiger partial charge in [-0.2, -0.15) is 0 Å². The number of fused-ring (bicyclic) bond motifs is 1. The molecule has 3 aromatic rings. The van der Waals surface area contributed by atoms with Crippen molar-refractivity contribution in [2.24, 2.45) is 0 Å². The second-order valence-corrected chi connectivity index (χ2v) is 5.85. The highest BCUT2D eigenvalue weighted by atomic mass is 32.1. The molecule has 0 radical (unpaired) electrons. The van der Waals surface area contributed by atoms with Gasteiger partial charge in [-0.15, -0.1) is 11.3 Å². The standard InChI is InChI=1S/C16H17N3O2S/c1-11-3-5-12(6-4-11)13-9-19-14(10-22-16(19)18-13)15(20)17-7-8-21-2/h3-6,9-10H,7-8H2,1-2H3,(H,17,20). The molecule has 22 heavy (non-hydrogen) atoms. The van der Waals surface area contributed by atoms with Crippen molar-refractivity contribution in [2.45, 2.75) is 6.92 Å². The number of thiazole rings is 1. The molecule has 0 saturated heterocycles. The molecule has 5 nitrogen and oxygen atoms in total. The van der Waals surface area contributed by atoms with Crippen molar-refractivity contribution in [1.29, 1.82) is 0 Å². The fraction of sp³-hybridized carbons (Fsp3) is 0.250. The van der Waals surface area contributed by atoms with Gasteiger partial charge in [0, 0.05) is 30.8 Å². The van der Waals surface area contributed by atoms with Crippen LogP contribution in [-0.4, -0.2) is 35.6 Å². The number of nitrogens with zero attached hydrogens (tertiary/aromatic N) is 2. The molecule has 6 heteroatoms. The maximum absolute atomic E-state index is 12.2. The zero-order valence-electron chi connectivity index (χ0n) is 12.5. The molecule has 0 fully saturated rings. The Hall–Kier alpha value is -2.18. The third-order valence-electron chi connectivity index (χ3n) is 3.38. The van der Waals surface area contributed by atoms with Crippen molar-refractivity contribution < 1.29 is 9.53 Å². The van der Waals surface area contributed by atoms with Gasteiger partial charge in [-0.25, -0.2) is 4.98 Å². The SMILES string of the molecule is COCCNC(=O)c1csc2nc(-c3ccc(C)cc3)cn12. The number of benzene rings is 1. The predicted octanol–water partition coefficient (Wildman–Crippen LogP) is 2.75. The number of carbonyl (C=O) groups is 1. The Morgan fingerprint density at radius 3 is 2.86 bits per heavy atom. The zero-order valence-corrected chi connectivity index (χ0v) is 13.3. The maximum atomic E-state index is 12.2. The van der Waals surface area contributed by atoms with Gasteiger partial charge in [-0.1, -0.05) is 29.8 Å². The molecule has 114 valence electrons. The number of aromatic nitrogens is 2. The summed E-state index contributed by atoms with van der Waals surface area (Å²) < 4.78 is 6.77. The van der Waals surface area contributed by atoms with Gasteiger partial charge in [0.1, 0.15) is 5.69 Å². The third-order valence-corrected chi connectivity index (χ3v) is 4.22.